The Morgan fingerprint density at radius 2 is 1.76 bits per heavy atom. The smallest absolute Gasteiger partial charge is 0.142 e. The van der Waals surface area contributed by atoms with Crippen LogP contribution in [0.5, 0.6) is 11.5 Å². The molecule has 0 bridgehead atoms. The number of aromatic nitrogens is 2. The summed E-state index contributed by atoms with van der Waals surface area (Å²) in [5, 5.41) is 6.20. The van der Waals surface area contributed by atoms with Crippen LogP contribution in [0.4, 0.5) is 5.69 Å². The monoisotopic (exact) mass is 409 g/mol. The summed E-state index contributed by atoms with van der Waals surface area (Å²) in [6.45, 7) is 2.19. The Morgan fingerprint density at radius 1 is 1.03 bits per heavy atom. The van der Waals surface area contributed by atoms with Crippen molar-refractivity contribution in [1.29, 1.82) is 0 Å². The molecule has 0 radical (unpaired) electrons. The zero-order valence-corrected chi connectivity index (χ0v) is 18.3. The molecule has 5 rings (SSSR count). The second-order valence-corrected chi connectivity index (χ2v) is 8.75. The number of anilines is 1. The van der Waals surface area contributed by atoms with E-state index in [1.165, 1.54) is 42.5 Å². The minimum atomic E-state index is 0.681. The lowest BCUT2D eigenvalue weighted by Crippen LogP contribution is -2.28. The number of benzene rings is 1. The summed E-state index contributed by atoms with van der Waals surface area (Å²) in [6.07, 6.45) is 7.32. The summed E-state index contributed by atoms with van der Waals surface area (Å²) in [5.41, 5.74) is 5.87. The molecule has 152 valence electrons. The van der Waals surface area contributed by atoms with E-state index in [0.29, 0.717) is 12.1 Å². The van der Waals surface area contributed by atoms with Crippen LogP contribution < -0.4 is 14.4 Å². The molecule has 2 aliphatic rings. The first-order valence-electron chi connectivity index (χ1n) is 10.2. The van der Waals surface area contributed by atoms with Crippen LogP contribution in [0.15, 0.2) is 35.4 Å². The molecule has 0 N–H and O–H groups in total. The first kappa shape index (κ1) is 18.7. The largest absolute Gasteiger partial charge is 0.497 e. The molecule has 0 unspecified atom stereocenters. The van der Waals surface area contributed by atoms with Gasteiger partial charge in [0, 0.05) is 23.7 Å². The van der Waals surface area contributed by atoms with Crippen LogP contribution in [0.2, 0.25) is 0 Å². The number of nitrogens with zero attached hydrogens (tertiary/aromatic N) is 3. The maximum atomic E-state index is 5.69. The van der Waals surface area contributed by atoms with E-state index in [4.69, 9.17) is 14.6 Å². The highest BCUT2D eigenvalue weighted by atomic mass is 32.2. The molecule has 29 heavy (non-hydrogen) atoms. The highest BCUT2D eigenvalue weighted by Crippen LogP contribution is 2.47. The number of thioether (sulfide) groups is 1. The quantitative estimate of drug-likeness (QED) is 0.503. The first-order valence-corrected chi connectivity index (χ1v) is 11.5. The standard InChI is InChI=1S/C23H27N3O2S/c1-14-5-12-19(18-11-10-17(27-2)13-20(18)28-3)26-21(14)22(23(24-26)29-4)25(15-6-7-15)16-8-9-16/h5,10-13,15-16H,6-9H2,1-4H3. The van der Waals surface area contributed by atoms with Crippen LogP contribution >= 0.6 is 11.8 Å². The Morgan fingerprint density at radius 3 is 2.34 bits per heavy atom. The lowest BCUT2D eigenvalue weighted by Gasteiger charge is -2.25. The number of pyridine rings is 1. The molecule has 3 aromatic rings. The fourth-order valence-electron chi connectivity index (χ4n) is 4.22. The minimum Gasteiger partial charge on any atom is -0.497 e. The fraction of sp³-hybridized carbons (Fsp3) is 0.435. The molecule has 0 saturated heterocycles. The number of aryl methyl sites for hydroxylation is 1. The SMILES string of the molecule is COc1ccc(-c2ccc(C)c3c(N(C4CC4)C4CC4)c(SC)nn23)c(OC)c1. The Bertz CT molecular complexity index is 1060. The van der Waals surface area contributed by atoms with Crippen molar-refractivity contribution >= 4 is 23.0 Å². The van der Waals surface area contributed by atoms with Gasteiger partial charge in [-0.3, -0.25) is 0 Å². The normalized spacial score (nSPS) is 16.3. The van der Waals surface area contributed by atoms with Gasteiger partial charge < -0.3 is 14.4 Å². The molecule has 0 amide bonds. The second kappa shape index (κ2) is 7.17. The van der Waals surface area contributed by atoms with Crippen molar-refractivity contribution in [3.63, 3.8) is 0 Å². The number of ether oxygens (including phenoxy) is 2. The second-order valence-electron chi connectivity index (χ2n) is 7.96. The van der Waals surface area contributed by atoms with Crippen molar-refractivity contribution in [1.82, 2.24) is 9.61 Å². The average Bonchev–Trinajstić information content (AvgIpc) is 3.67. The average molecular weight is 410 g/mol. The number of methoxy groups -OCH3 is 2. The lowest BCUT2D eigenvalue weighted by molar-refractivity contribution is 0.395. The Balaban J connectivity index is 1.74. The van der Waals surface area contributed by atoms with E-state index < -0.39 is 0 Å². The van der Waals surface area contributed by atoms with E-state index in [9.17, 15) is 0 Å². The van der Waals surface area contributed by atoms with Gasteiger partial charge in [-0.2, -0.15) is 5.10 Å². The van der Waals surface area contributed by atoms with Gasteiger partial charge >= 0.3 is 0 Å². The van der Waals surface area contributed by atoms with E-state index in [-0.39, 0.29) is 0 Å². The molecule has 6 heteroatoms. The van der Waals surface area contributed by atoms with Crippen molar-refractivity contribution in [3.05, 3.63) is 35.9 Å². The van der Waals surface area contributed by atoms with Gasteiger partial charge in [0.25, 0.3) is 0 Å². The third-order valence-corrected chi connectivity index (χ3v) is 6.60. The van der Waals surface area contributed by atoms with Crippen molar-refractivity contribution in [2.45, 2.75) is 49.7 Å². The van der Waals surface area contributed by atoms with Gasteiger partial charge in [-0.1, -0.05) is 6.07 Å². The summed E-state index contributed by atoms with van der Waals surface area (Å²) in [6, 6.07) is 11.7. The maximum Gasteiger partial charge on any atom is 0.142 e. The molecule has 2 heterocycles. The highest BCUT2D eigenvalue weighted by Gasteiger charge is 2.42. The van der Waals surface area contributed by atoms with E-state index in [1.807, 2.05) is 12.1 Å². The van der Waals surface area contributed by atoms with Gasteiger partial charge in [0.1, 0.15) is 16.5 Å². The van der Waals surface area contributed by atoms with Gasteiger partial charge in [-0.05, 0) is 62.6 Å². The molecule has 0 atom stereocenters. The Hall–Kier alpha value is -2.34. The summed E-state index contributed by atoms with van der Waals surface area (Å²) < 4.78 is 13.2. The molecule has 0 spiro atoms. The summed E-state index contributed by atoms with van der Waals surface area (Å²) in [5.74, 6) is 1.58. The number of hydrogen-bond donors (Lipinski definition) is 0. The predicted octanol–water partition coefficient (Wildman–Crippen LogP) is 5.18. The summed E-state index contributed by atoms with van der Waals surface area (Å²) >= 11 is 1.74. The van der Waals surface area contributed by atoms with Crippen molar-refractivity contribution in [3.8, 4) is 22.8 Å². The molecule has 2 saturated carbocycles. The van der Waals surface area contributed by atoms with Gasteiger partial charge in [-0.25, -0.2) is 4.52 Å². The van der Waals surface area contributed by atoms with Gasteiger partial charge in [0.05, 0.1) is 31.1 Å². The molecule has 1 aromatic carbocycles. The predicted molar refractivity (Wildman–Crippen MR) is 119 cm³/mol. The first-order chi connectivity index (χ1) is 14.2. The molecule has 2 fully saturated rings. The van der Waals surface area contributed by atoms with E-state index in [2.05, 4.69) is 40.8 Å². The molecule has 0 aliphatic heterocycles. The molecule has 2 aliphatic carbocycles. The van der Waals surface area contributed by atoms with Crippen LogP contribution in [-0.4, -0.2) is 42.2 Å². The third-order valence-electron chi connectivity index (χ3n) is 5.94. The van der Waals surface area contributed by atoms with Crippen LogP contribution in [0.3, 0.4) is 0 Å². The van der Waals surface area contributed by atoms with Gasteiger partial charge in [0.2, 0.25) is 0 Å². The fourth-order valence-corrected chi connectivity index (χ4v) is 4.78. The number of fused-ring (bicyclic) bond motifs is 1. The zero-order valence-electron chi connectivity index (χ0n) is 17.4. The lowest BCUT2D eigenvalue weighted by atomic mass is 10.1. The van der Waals surface area contributed by atoms with E-state index in [0.717, 1.165) is 27.8 Å². The molecular formula is C23H27N3O2S. The van der Waals surface area contributed by atoms with Crippen molar-refractivity contribution < 1.29 is 9.47 Å². The van der Waals surface area contributed by atoms with Crippen LogP contribution in [0.1, 0.15) is 31.2 Å². The Kier molecular flexibility index (Phi) is 4.62. The van der Waals surface area contributed by atoms with Gasteiger partial charge in [-0.15, -0.1) is 11.8 Å². The topological polar surface area (TPSA) is 39.0 Å². The number of rotatable bonds is 7. The van der Waals surface area contributed by atoms with Crippen molar-refractivity contribution in [2.75, 3.05) is 25.4 Å². The van der Waals surface area contributed by atoms with E-state index >= 15 is 0 Å². The molecular weight excluding hydrogens is 382 g/mol. The summed E-state index contributed by atoms with van der Waals surface area (Å²) in [4.78, 5) is 2.68. The van der Waals surface area contributed by atoms with Crippen LogP contribution in [0, 0.1) is 6.92 Å². The van der Waals surface area contributed by atoms with Crippen LogP contribution in [-0.2, 0) is 0 Å². The summed E-state index contributed by atoms with van der Waals surface area (Å²) in [7, 11) is 3.38. The molecule has 2 aromatic heterocycles. The maximum absolute atomic E-state index is 5.69. The number of hydrogen-bond acceptors (Lipinski definition) is 5. The van der Waals surface area contributed by atoms with Crippen molar-refractivity contribution in [2.24, 2.45) is 0 Å². The molecule has 5 nitrogen and oxygen atoms in total. The van der Waals surface area contributed by atoms with Crippen LogP contribution in [0.25, 0.3) is 16.8 Å². The highest BCUT2D eigenvalue weighted by molar-refractivity contribution is 7.98. The van der Waals surface area contributed by atoms with E-state index in [1.54, 1.807) is 26.0 Å². The zero-order chi connectivity index (χ0) is 20.1. The Labute approximate surface area is 176 Å². The third kappa shape index (κ3) is 3.14. The minimum absolute atomic E-state index is 0.681. The van der Waals surface area contributed by atoms with Gasteiger partial charge in [0.15, 0.2) is 0 Å².